The number of methoxy groups -OCH3 is 1. The molecular weight excluding hydrogens is 212 g/mol. The Labute approximate surface area is 105 Å². The highest BCUT2D eigenvalue weighted by Crippen LogP contribution is 2.24. The zero-order valence-corrected chi connectivity index (χ0v) is 11.4. The van der Waals surface area contributed by atoms with E-state index in [1.165, 1.54) is 16.7 Å². The standard InChI is InChI=1S/C14H24N2O/c1-11-9-13(5-7-16(3)8-6-15)10-12(2)14(11)17-4/h9-10H,5-8,15H2,1-4H3. The molecule has 3 heteroatoms. The first-order chi connectivity index (χ1) is 8.08. The maximum Gasteiger partial charge on any atom is 0.124 e. The van der Waals surface area contributed by atoms with Gasteiger partial charge in [0, 0.05) is 19.6 Å². The molecule has 0 saturated heterocycles. The van der Waals surface area contributed by atoms with Gasteiger partial charge in [0.2, 0.25) is 0 Å². The van der Waals surface area contributed by atoms with Gasteiger partial charge < -0.3 is 15.4 Å². The molecule has 0 saturated carbocycles. The molecule has 0 radical (unpaired) electrons. The van der Waals surface area contributed by atoms with Crippen molar-refractivity contribution in [2.45, 2.75) is 20.3 Å². The number of benzene rings is 1. The topological polar surface area (TPSA) is 38.5 Å². The lowest BCUT2D eigenvalue weighted by molar-refractivity contribution is 0.348. The maximum atomic E-state index is 5.53. The van der Waals surface area contributed by atoms with Crippen molar-refractivity contribution in [1.82, 2.24) is 4.90 Å². The molecule has 96 valence electrons. The molecule has 0 unspecified atom stereocenters. The summed E-state index contributed by atoms with van der Waals surface area (Å²) < 4.78 is 5.37. The number of nitrogens with zero attached hydrogens (tertiary/aromatic N) is 1. The van der Waals surface area contributed by atoms with E-state index in [9.17, 15) is 0 Å². The molecular formula is C14H24N2O. The summed E-state index contributed by atoms with van der Waals surface area (Å²) in [6.45, 7) is 6.91. The summed E-state index contributed by atoms with van der Waals surface area (Å²) >= 11 is 0. The summed E-state index contributed by atoms with van der Waals surface area (Å²) in [7, 11) is 3.83. The highest BCUT2D eigenvalue weighted by atomic mass is 16.5. The monoisotopic (exact) mass is 236 g/mol. The SMILES string of the molecule is COc1c(C)cc(CCN(C)CCN)cc1C. The summed E-state index contributed by atoms with van der Waals surface area (Å²) in [5.74, 6) is 1.00. The number of aryl methyl sites for hydroxylation is 2. The fourth-order valence-electron chi connectivity index (χ4n) is 2.16. The first-order valence-corrected chi connectivity index (χ1v) is 6.11. The molecule has 0 atom stereocenters. The first kappa shape index (κ1) is 14.0. The molecule has 0 fully saturated rings. The molecule has 1 aromatic rings. The summed E-state index contributed by atoms with van der Waals surface area (Å²) in [6, 6.07) is 4.42. The number of hydrogen-bond acceptors (Lipinski definition) is 3. The van der Waals surface area contributed by atoms with Crippen molar-refractivity contribution in [1.29, 1.82) is 0 Å². The quantitative estimate of drug-likeness (QED) is 0.817. The van der Waals surface area contributed by atoms with E-state index in [1.54, 1.807) is 7.11 Å². The number of hydrogen-bond donors (Lipinski definition) is 1. The Morgan fingerprint density at radius 3 is 2.24 bits per heavy atom. The van der Waals surface area contributed by atoms with Crippen LogP contribution in [-0.4, -0.2) is 38.7 Å². The minimum absolute atomic E-state index is 0.719. The molecule has 0 amide bonds. The van der Waals surface area contributed by atoms with Crippen LogP contribution >= 0.6 is 0 Å². The van der Waals surface area contributed by atoms with Gasteiger partial charge in [-0.15, -0.1) is 0 Å². The minimum Gasteiger partial charge on any atom is -0.496 e. The summed E-state index contributed by atoms with van der Waals surface area (Å²) in [5.41, 5.74) is 9.32. The second-order valence-corrected chi connectivity index (χ2v) is 4.60. The Bertz CT molecular complexity index is 340. The Morgan fingerprint density at radius 2 is 1.76 bits per heavy atom. The van der Waals surface area contributed by atoms with Crippen LogP contribution < -0.4 is 10.5 Å². The maximum absolute atomic E-state index is 5.53. The zero-order valence-electron chi connectivity index (χ0n) is 11.4. The fourth-order valence-corrected chi connectivity index (χ4v) is 2.16. The van der Waals surface area contributed by atoms with Crippen LogP contribution in [0.1, 0.15) is 16.7 Å². The molecule has 1 aromatic carbocycles. The van der Waals surface area contributed by atoms with Crippen molar-refractivity contribution >= 4 is 0 Å². The third-order valence-electron chi connectivity index (χ3n) is 3.02. The van der Waals surface area contributed by atoms with Gasteiger partial charge in [-0.1, -0.05) is 12.1 Å². The average Bonchev–Trinajstić information content (AvgIpc) is 2.26. The molecule has 1 rings (SSSR count). The van der Waals surface area contributed by atoms with Crippen molar-refractivity contribution in [3.05, 3.63) is 28.8 Å². The second kappa shape index (κ2) is 6.62. The molecule has 0 heterocycles. The molecule has 0 aliphatic rings. The number of ether oxygens (including phenoxy) is 1. The lowest BCUT2D eigenvalue weighted by Gasteiger charge is -2.16. The second-order valence-electron chi connectivity index (χ2n) is 4.60. The van der Waals surface area contributed by atoms with Crippen molar-refractivity contribution in [3.8, 4) is 5.75 Å². The van der Waals surface area contributed by atoms with Crippen LogP contribution in [0, 0.1) is 13.8 Å². The summed E-state index contributed by atoms with van der Waals surface area (Å²) in [4.78, 5) is 2.26. The van der Waals surface area contributed by atoms with Crippen LogP contribution in [0.4, 0.5) is 0 Å². The molecule has 17 heavy (non-hydrogen) atoms. The zero-order chi connectivity index (χ0) is 12.8. The van der Waals surface area contributed by atoms with E-state index in [4.69, 9.17) is 10.5 Å². The molecule has 0 spiro atoms. The Hall–Kier alpha value is -1.06. The van der Waals surface area contributed by atoms with E-state index in [0.29, 0.717) is 0 Å². The Kier molecular flexibility index (Phi) is 5.45. The van der Waals surface area contributed by atoms with Gasteiger partial charge in [0.1, 0.15) is 5.75 Å². The third kappa shape index (κ3) is 4.02. The van der Waals surface area contributed by atoms with Crippen molar-refractivity contribution < 1.29 is 4.74 Å². The first-order valence-electron chi connectivity index (χ1n) is 6.11. The van der Waals surface area contributed by atoms with Crippen molar-refractivity contribution in [3.63, 3.8) is 0 Å². The van der Waals surface area contributed by atoms with Crippen molar-refractivity contribution in [2.75, 3.05) is 33.8 Å². The lowest BCUT2D eigenvalue weighted by atomic mass is 10.0. The Morgan fingerprint density at radius 1 is 1.18 bits per heavy atom. The fraction of sp³-hybridized carbons (Fsp3) is 0.571. The van der Waals surface area contributed by atoms with Crippen LogP contribution in [0.15, 0.2) is 12.1 Å². The van der Waals surface area contributed by atoms with E-state index >= 15 is 0 Å². The van der Waals surface area contributed by atoms with Gasteiger partial charge in [-0.2, -0.15) is 0 Å². The van der Waals surface area contributed by atoms with Crippen LogP contribution in [0.5, 0.6) is 5.75 Å². The molecule has 0 bridgehead atoms. The normalized spacial score (nSPS) is 10.9. The number of rotatable bonds is 6. The van der Waals surface area contributed by atoms with Gasteiger partial charge in [0.25, 0.3) is 0 Å². The van der Waals surface area contributed by atoms with E-state index < -0.39 is 0 Å². The highest BCUT2D eigenvalue weighted by Gasteiger charge is 2.06. The molecule has 3 nitrogen and oxygen atoms in total. The number of likely N-dealkylation sites (N-methyl/N-ethyl adjacent to an activating group) is 1. The summed E-state index contributed by atoms with van der Waals surface area (Å²) in [6.07, 6.45) is 1.06. The largest absolute Gasteiger partial charge is 0.496 e. The molecule has 2 N–H and O–H groups in total. The van der Waals surface area contributed by atoms with Gasteiger partial charge >= 0.3 is 0 Å². The highest BCUT2D eigenvalue weighted by molar-refractivity contribution is 5.43. The van der Waals surface area contributed by atoms with Gasteiger partial charge in [0.15, 0.2) is 0 Å². The lowest BCUT2D eigenvalue weighted by Crippen LogP contribution is -2.27. The predicted octanol–water partition coefficient (Wildman–Crippen LogP) is 1.75. The third-order valence-corrected chi connectivity index (χ3v) is 3.02. The van der Waals surface area contributed by atoms with E-state index in [0.717, 1.165) is 31.8 Å². The van der Waals surface area contributed by atoms with Gasteiger partial charge in [0.05, 0.1) is 7.11 Å². The minimum atomic E-state index is 0.719. The average molecular weight is 236 g/mol. The van der Waals surface area contributed by atoms with Gasteiger partial charge in [-0.05, 0) is 44.0 Å². The summed E-state index contributed by atoms with van der Waals surface area (Å²) in [5, 5.41) is 0. The van der Waals surface area contributed by atoms with Gasteiger partial charge in [-0.25, -0.2) is 0 Å². The van der Waals surface area contributed by atoms with Crippen LogP contribution in [0.3, 0.4) is 0 Å². The smallest absolute Gasteiger partial charge is 0.124 e. The Balaban J connectivity index is 2.67. The van der Waals surface area contributed by atoms with E-state index in [-0.39, 0.29) is 0 Å². The molecule has 0 aromatic heterocycles. The van der Waals surface area contributed by atoms with Crippen LogP contribution in [0.25, 0.3) is 0 Å². The van der Waals surface area contributed by atoms with Crippen LogP contribution in [-0.2, 0) is 6.42 Å². The van der Waals surface area contributed by atoms with Crippen molar-refractivity contribution in [2.24, 2.45) is 5.73 Å². The van der Waals surface area contributed by atoms with Crippen LogP contribution in [0.2, 0.25) is 0 Å². The molecule has 0 aliphatic heterocycles. The van der Waals surface area contributed by atoms with Gasteiger partial charge in [-0.3, -0.25) is 0 Å². The van der Waals surface area contributed by atoms with E-state index in [2.05, 4.69) is 37.9 Å². The molecule has 0 aliphatic carbocycles. The predicted molar refractivity (Wildman–Crippen MR) is 72.7 cm³/mol. The van der Waals surface area contributed by atoms with E-state index in [1.807, 2.05) is 0 Å². The number of nitrogens with two attached hydrogens (primary N) is 1.